The summed E-state index contributed by atoms with van der Waals surface area (Å²) in [5.74, 6) is 0. The van der Waals surface area contributed by atoms with Gasteiger partial charge in [0.25, 0.3) is 0 Å². The topological polar surface area (TPSA) is 29.5 Å². The fourth-order valence-electron chi connectivity index (χ4n) is 0.238. The van der Waals surface area contributed by atoms with Crippen LogP contribution >= 0.6 is 0 Å². The average molecular weight is 102 g/mol. The Labute approximate surface area is 43.4 Å². The Morgan fingerprint density at radius 2 is 2.43 bits per heavy atom. The zero-order valence-corrected chi connectivity index (χ0v) is 4.64. The third kappa shape index (κ3) is 3.33. The highest BCUT2D eigenvalue weighted by Gasteiger charge is 1.79. The molecule has 0 unspecified atom stereocenters. The molecule has 2 nitrogen and oxygen atoms in total. The number of methoxy groups -OCH3 is 1. The molecule has 0 aliphatic carbocycles. The Morgan fingerprint density at radius 1 is 1.86 bits per heavy atom. The van der Waals surface area contributed by atoms with Crippen molar-refractivity contribution in [3.05, 3.63) is 11.8 Å². The van der Waals surface area contributed by atoms with Gasteiger partial charge in [0.1, 0.15) is 0 Å². The molecule has 0 saturated carbocycles. The normalized spacial score (nSPS) is 11.6. The summed E-state index contributed by atoms with van der Waals surface area (Å²) in [4.78, 5) is 0. The number of ether oxygens (including phenoxy) is 1. The first kappa shape index (κ1) is 6.50. The van der Waals surface area contributed by atoms with E-state index in [9.17, 15) is 0 Å². The van der Waals surface area contributed by atoms with Crippen LogP contribution in [0.3, 0.4) is 0 Å². The summed E-state index contributed by atoms with van der Waals surface area (Å²) in [6.07, 6.45) is 1.51. The molecule has 0 fully saturated rings. The van der Waals surface area contributed by atoms with Gasteiger partial charge in [-0.15, -0.1) is 0 Å². The van der Waals surface area contributed by atoms with Gasteiger partial charge in [0.2, 0.25) is 0 Å². The molecule has 0 amide bonds. The molecule has 7 heavy (non-hydrogen) atoms. The van der Waals surface area contributed by atoms with Crippen LogP contribution in [0.25, 0.3) is 0 Å². The number of aliphatic hydroxyl groups excluding tert-OH is 1. The first-order valence-corrected chi connectivity index (χ1v) is 2.10. The van der Waals surface area contributed by atoms with E-state index < -0.39 is 0 Å². The average Bonchev–Trinajstić information content (AvgIpc) is 1.68. The van der Waals surface area contributed by atoms with Crippen LogP contribution in [0.15, 0.2) is 11.8 Å². The molecule has 0 radical (unpaired) electrons. The lowest BCUT2D eigenvalue weighted by molar-refractivity contribution is 0.301. The van der Waals surface area contributed by atoms with Gasteiger partial charge in [-0.2, -0.15) is 0 Å². The largest absolute Gasteiger partial charge is 0.504 e. The van der Waals surface area contributed by atoms with E-state index in [0.717, 1.165) is 5.57 Å². The SMILES string of the molecule is CO/C=C(/C)CO. The summed E-state index contributed by atoms with van der Waals surface area (Å²) in [6, 6.07) is 0. The number of hydrogen-bond acceptors (Lipinski definition) is 2. The summed E-state index contributed by atoms with van der Waals surface area (Å²) in [5, 5.41) is 8.32. The molecule has 0 aliphatic heterocycles. The highest BCUT2D eigenvalue weighted by molar-refractivity contribution is 4.91. The predicted octanol–water partition coefficient (Wildman–Crippen LogP) is 0.529. The Balaban J connectivity index is 3.29. The molecule has 0 bridgehead atoms. The fourth-order valence-corrected chi connectivity index (χ4v) is 0.238. The second kappa shape index (κ2) is 3.68. The molecule has 0 aromatic carbocycles. The molecule has 42 valence electrons. The van der Waals surface area contributed by atoms with Crippen molar-refractivity contribution in [2.45, 2.75) is 6.92 Å². The fraction of sp³-hybridized carbons (Fsp3) is 0.600. The Bertz CT molecular complexity index is 66.5. The molecule has 0 atom stereocenters. The van der Waals surface area contributed by atoms with Crippen molar-refractivity contribution in [2.24, 2.45) is 0 Å². The number of aliphatic hydroxyl groups is 1. The maximum Gasteiger partial charge on any atom is 0.0836 e. The first-order chi connectivity index (χ1) is 3.31. The van der Waals surface area contributed by atoms with E-state index in [0.29, 0.717) is 0 Å². The third-order valence-electron chi connectivity index (χ3n) is 0.568. The van der Waals surface area contributed by atoms with Crippen LogP contribution in [0, 0.1) is 0 Å². The second-order valence-corrected chi connectivity index (χ2v) is 1.36. The quantitative estimate of drug-likeness (QED) is 0.515. The van der Waals surface area contributed by atoms with Gasteiger partial charge in [0.15, 0.2) is 0 Å². The van der Waals surface area contributed by atoms with E-state index in [4.69, 9.17) is 5.11 Å². The Hall–Kier alpha value is -0.500. The minimum atomic E-state index is 0.0772. The minimum Gasteiger partial charge on any atom is -0.504 e. The van der Waals surface area contributed by atoms with Crippen molar-refractivity contribution in [3.63, 3.8) is 0 Å². The Kier molecular flexibility index (Phi) is 3.42. The lowest BCUT2D eigenvalue weighted by Gasteiger charge is -1.90. The molecule has 0 rings (SSSR count). The van der Waals surface area contributed by atoms with Crippen LogP contribution < -0.4 is 0 Å². The molecule has 0 spiro atoms. The standard InChI is InChI=1S/C5H10O2/c1-5(3-6)4-7-2/h4,6H,3H2,1-2H3/b5-4-. The van der Waals surface area contributed by atoms with E-state index >= 15 is 0 Å². The van der Waals surface area contributed by atoms with E-state index in [2.05, 4.69) is 4.74 Å². The maximum atomic E-state index is 8.32. The van der Waals surface area contributed by atoms with Crippen molar-refractivity contribution in [1.29, 1.82) is 0 Å². The number of rotatable bonds is 2. The summed E-state index contributed by atoms with van der Waals surface area (Å²) >= 11 is 0. The molecule has 0 heterocycles. The zero-order chi connectivity index (χ0) is 5.70. The van der Waals surface area contributed by atoms with Crippen LogP contribution in [0.2, 0.25) is 0 Å². The molecular formula is C5H10O2. The van der Waals surface area contributed by atoms with Gasteiger partial charge in [-0.25, -0.2) is 0 Å². The predicted molar refractivity (Wildman–Crippen MR) is 27.9 cm³/mol. The van der Waals surface area contributed by atoms with Crippen LogP contribution in [0.1, 0.15) is 6.92 Å². The summed E-state index contributed by atoms with van der Waals surface area (Å²) in [6.45, 7) is 1.87. The first-order valence-electron chi connectivity index (χ1n) is 2.10. The van der Waals surface area contributed by atoms with Gasteiger partial charge in [-0.3, -0.25) is 0 Å². The smallest absolute Gasteiger partial charge is 0.0836 e. The van der Waals surface area contributed by atoms with Gasteiger partial charge in [-0.1, -0.05) is 0 Å². The summed E-state index contributed by atoms with van der Waals surface area (Å²) in [5.41, 5.74) is 0.836. The summed E-state index contributed by atoms with van der Waals surface area (Å²) < 4.78 is 4.57. The van der Waals surface area contributed by atoms with Gasteiger partial charge < -0.3 is 9.84 Å². The molecule has 0 saturated heterocycles. The zero-order valence-electron chi connectivity index (χ0n) is 4.64. The molecule has 0 aromatic heterocycles. The minimum absolute atomic E-state index is 0.0772. The summed E-state index contributed by atoms with van der Waals surface area (Å²) in [7, 11) is 1.55. The maximum absolute atomic E-state index is 8.32. The second-order valence-electron chi connectivity index (χ2n) is 1.36. The van der Waals surface area contributed by atoms with E-state index in [1.807, 2.05) is 0 Å². The lowest BCUT2D eigenvalue weighted by Crippen LogP contribution is -1.83. The molecule has 0 aliphatic rings. The molecule has 2 heteroatoms. The van der Waals surface area contributed by atoms with Crippen LogP contribution in [-0.2, 0) is 4.74 Å². The van der Waals surface area contributed by atoms with Gasteiger partial charge in [0.05, 0.1) is 20.0 Å². The van der Waals surface area contributed by atoms with Crippen molar-refractivity contribution in [2.75, 3.05) is 13.7 Å². The molecular weight excluding hydrogens is 92.1 g/mol. The monoisotopic (exact) mass is 102 g/mol. The van der Waals surface area contributed by atoms with Crippen molar-refractivity contribution in [1.82, 2.24) is 0 Å². The van der Waals surface area contributed by atoms with Crippen LogP contribution in [0.4, 0.5) is 0 Å². The van der Waals surface area contributed by atoms with Crippen LogP contribution in [0.5, 0.6) is 0 Å². The van der Waals surface area contributed by atoms with Crippen LogP contribution in [-0.4, -0.2) is 18.8 Å². The molecule has 0 aromatic rings. The lowest BCUT2D eigenvalue weighted by atomic mass is 10.4. The number of hydrogen-bond donors (Lipinski definition) is 1. The van der Waals surface area contributed by atoms with Crippen molar-refractivity contribution < 1.29 is 9.84 Å². The van der Waals surface area contributed by atoms with E-state index in [1.165, 1.54) is 6.26 Å². The van der Waals surface area contributed by atoms with E-state index in [-0.39, 0.29) is 6.61 Å². The van der Waals surface area contributed by atoms with Gasteiger partial charge >= 0.3 is 0 Å². The van der Waals surface area contributed by atoms with Gasteiger partial charge in [0, 0.05) is 0 Å². The third-order valence-corrected chi connectivity index (χ3v) is 0.568. The highest BCUT2D eigenvalue weighted by atomic mass is 16.5. The Morgan fingerprint density at radius 3 is 2.57 bits per heavy atom. The molecule has 1 N–H and O–H groups in total. The van der Waals surface area contributed by atoms with Crippen molar-refractivity contribution >= 4 is 0 Å². The highest BCUT2D eigenvalue weighted by Crippen LogP contribution is 1.86. The van der Waals surface area contributed by atoms with Gasteiger partial charge in [-0.05, 0) is 12.5 Å². The van der Waals surface area contributed by atoms with Crippen molar-refractivity contribution in [3.8, 4) is 0 Å². The van der Waals surface area contributed by atoms with E-state index in [1.54, 1.807) is 14.0 Å².